The number of nitrogen functional groups attached to an aromatic ring is 2. The van der Waals surface area contributed by atoms with E-state index in [-0.39, 0.29) is 47.4 Å². The summed E-state index contributed by atoms with van der Waals surface area (Å²) in [6, 6.07) is 25.2. The normalized spacial score (nSPS) is 11.1. The minimum absolute atomic E-state index is 0.0285. The number of nitriles is 2. The van der Waals surface area contributed by atoms with Crippen molar-refractivity contribution >= 4 is 58.0 Å². The molecule has 0 fully saturated rings. The zero-order chi connectivity index (χ0) is 45.7. The Morgan fingerprint density at radius 2 is 0.969 bits per heavy atom. The number of ether oxygens (including phenoxy) is 6. The molecule has 64 heavy (non-hydrogen) atoms. The lowest BCUT2D eigenvalue weighted by Crippen LogP contribution is -2.16. The van der Waals surface area contributed by atoms with Gasteiger partial charge in [-0.15, -0.1) is 0 Å². The van der Waals surface area contributed by atoms with Gasteiger partial charge in [-0.2, -0.15) is 10.5 Å². The molecule has 3 heterocycles. The lowest BCUT2D eigenvalue weighted by molar-refractivity contribution is -0.116. The fourth-order valence-corrected chi connectivity index (χ4v) is 8.23. The minimum Gasteiger partial charge on any atom is -0.493 e. The smallest absolute Gasteiger partial charge is 0.230 e. The third-order valence-electron chi connectivity index (χ3n) is 10.1. The van der Waals surface area contributed by atoms with Crippen LogP contribution in [0.4, 0.5) is 34.4 Å². The van der Waals surface area contributed by atoms with E-state index in [1.54, 1.807) is 48.5 Å². The van der Waals surface area contributed by atoms with Crippen molar-refractivity contribution in [3.8, 4) is 68.9 Å². The van der Waals surface area contributed by atoms with Gasteiger partial charge in [0.15, 0.2) is 23.0 Å². The monoisotopic (exact) mass is 879 g/mol. The van der Waals surface area contributed by atoms with Crippen LogP contribution in [-0.4, -0.2) is 64.4 Å². The number of amides is 2. The van der Waals surface area contributed by atoms with Crippen LogP contribution in [0.2, 0.25) is 0 Å². The van der Waals surface area contributed by atoms with E-state index in [9.17, 15) is 20.1 Å². The molecule has 2 amide bonds. The van der Waals surface area contributed by atoms with Crippen molar-refractivity contribution in [2.75, 3.05) is 70.1 Å². The summed E-state index contributed by atoms with van der Waals surface area (Å²) < 4.78 is 32.9. The maximum absolute atomic E-state index is 13.4. The first-order valence-corrected chi connectivity index (χ1v) is 20.1. The van der Waals surface area contributed by atoms with Crippen molar-refractivity contribution in [2.45, 2.75) is 22.6 Å². The Morgan fingerprint density at radius 1 is 0.594 bits per heavy atom. The van der Waals surface area contributed by atoms with Crippen LogP contribution >= 0.6 is 11.8 Å². The van der Waals surface area contributed by atoms with E-state index in [4.69, 9.17) is 39.9 Å². The molecule has 6 aromatic rings. The van der Waals surface area contributed by atoms with E-state index in [2.05, 4.69) is 38.1 Å². The molecule has 7 rings (SSSR count). The Bertz CT molecular complexity index is 2690. The molecule has 7 N–H and O–H groups in total. The molecule has 324 valence electrons. The first kappa shape index (κ1) is 43.7. The SMILES string of the molecule is COc1cc(-c2cc(CC(=O)Nc3ccc4c(c3)Sc3cc(NC(=O)Cc5cc(-c6cc(OC)c(OC)c(OC)c6)c(C#N)c(N)n5)ccc3N4)nc(N)c2C#N)cc(OC)c1OC. The van der Waals surface area contributed by atoms with Gasteiger partial charge in [0.1, 0.15) is 34.9 Å². The second-order valence-electron chi connectivity index (χ2n) is 14.0. The molecule has 18 heteroatoms. The number of fused-ring (bicyclic) bond motifs is 2. The molecule has 0 radical (unpaired) electrons. The fraction of sp³-hybridized carbons (Fsp3) is 0.174. The molecule has 0 aliphatic carbocycles. The molecule has 0 saturated carbocycles. The van der Waals surface area contributed by atoms with Crippen LogP contribution < -0.4 is 55.8 Å². The van der Waals surface area contributed by atoms with E-state index < -0.39 is 0 Å². The number of rotatable bonds is 14. The molecule has 4 aromatic carbocycles. The number of hydrogen-bond donors (Lipinski definition) is 5. The van der Waals surface area contributed by atoms with Gasteiger partial charge < -0.3 is 55.8 Å². The summed E-state index contributed by atoms with van der Waals surface area (Å²) in [5, 5.41) is 29.2. The summed E-state index contributed by atoms with van der Waals surface area (Å²) in [4.78, 5) is 37.2. The highest BCUT2D eigenvalue weighted by Crippen LogP contribution is 2.47. The Labute approximate surface area is 372 Å². The van der Waals surface area contributed by atoms with E-state index in [1.165, 1.54) is 54.4 Å². The number of nitrogens with zero attached hydrogens (tertiary/aromatic N) is 4. The van der Waals surface area contributed by atoms with Gasteiger partial charge in [-0.05, 0) is 83.9 Å². The average molecular weight is 880 g/mol. The first-order chi connectivity index (χ1) is 30.9. The molecule has 0 spiro atoms. The molecule has 0 bridgehead atoms. The van der Waals surface area contributed by atoms with Crippen LogP contribution in [0.3, 0.4) is 0 Å². The molecule has 1 aliphatic rings. The number of carbonyl (C=O) groups excluding carboxylic acids is 2. The van der Waals surface area contributed by atoms with Crippen LogP contribution in [0, 0.1) is 22.7 Å². The number of anilines is 6. The second-order valence-corrected chi connectivity index (χ2v) is 15.1. The van der Waals surface area contributed by atoms with E-state index >= 15 is 0 Å². The molecule has 2 aromatic heterocycles. The maximum atomic E-state index is 13.4. The van der Waals surface area contributed by atoms with E-state index in [0.29, 0.717) is 79.5 Å². The van der Waals surface area contributed by atoms with Crippen molar-refractivity contribution in [3.63, 3.8) is 0 Å². The molecular weight excluding hydrogens is 839 g/mol. The summed E-state index contributed by atoms with van der Waals surface area (Å²) in [6.45, 7) is 0. The summed E-state index contributed by atoms with van der Waals surface area (Å²) >= 11 is 1.46. The van der Waals surface area contributed by atoms with Gasteiger partial charge >= 0.3 is 0 Å². The number of hydrogen-bond acceptors (Lipinski definition) is 16. The Hall–Kier alpha value is -8.35. The number of aromatic nitrogens is 2. The predicted octanol–water partition coefficient (Wildman–Crippen LogP) is 7.34. The third kappa shape index (κ3) is 8.85. The van der Waals surface area contributed by atoms with Gasteiger partial charge in [0.05, 0.1) is 78.3 Å². The zero-order valence-corrected chi connectivity index (χ0v) is 36.3. The lowest BCUT2D eigenvalue weighted by atomic mass is 9.98. The first-order valence-electron chi connectivity index (χ1n) is 19.3. The zero-order valence-electron chi connectivity index (χ0n) is 35.5. The summed E-state index contributed by atoms with van der Waals surface area (Å²) in [5.41, 5.74) is 18.2. The number of nitrogens with two attached hydrogens (primary N) is 2. The van der Waals surface area contributed by atoms with Crippen LogP contribution in [0.1, 0.15) is 22.5 Å². The average Bonchev–Trinajstić information content (AvgIpc) is 3.29. The van der Waals surface area contributed by atoms with Crippen molar-refractivity contribution in [3.05, 3.63) is 95.3 Å². The van der Waals surface area contributed by atoms with Gasteiger partial charge in [-0.1, -0.05) is 11.8 Å². The third-order valence-corrected chi connectivity index (χ3v) is 11.2. The molecule has 0 saturated heterocycles. The summed E-state index contributed by atoms with van der Waals surface area (Å²) in [7, 11) is 8.94. The highest BCUT2D eigenvalue weighted by molar-refractivity contribution is 7.99. The molecule has 17 nitrogen and oxygen atoms in total. The van der Waals surface area contributed by atoms with E-state index in [1.807, 2.05) is 24.3 Å². The number of pyridine rings is 2. The Balaban J connectivity index is 1.05. The number of benzene rings is 4. The standard InChI is InChI=1S/C46H41N9O8S/c1-58-35-11-23(12-36(59-2)43(35)62-5)29-15-27(53-45(49)31(29)21-47)19-41(56)51-25-7-9-33-39(17-25)64-40-18-26(8-10-34(40)55-33)52-42(57)20-28-16-30(32(22-48)46(50)54-28)24-13-37(60-3)44(63-6)38(14-24)61-4/h7-18,55H,19-20H2,1-6H3,(H2,49,53)(H2,50,54)(H,51,56)(H,52,57). The van der Waals surface area contributed by atoms with E-state index in [0.717, 1.165) is 21.2 Å². The van der Waals surface area contributed by atoms with Gasteiger partial charge in [-0.25, -0.2) is 9.97 Å². The van der Waals surface area contributed by atoms with Crippen LogP contribution in [0.5, 0.6) is 34.5 Å². The summed E-state index contributed by atoms with van der Waals surface area (Å²) in [6.07, 6.45) is -0.281. The Morgan fingerprint density at radius 3 is 1.30 bits per heavy atom. The highest BCUT2D eigenvalue weighted by Gasteiger charge is 2.23. The molecule has 1 aliphatic heterocycles. The van der Waals surface area contributed by atoms with Crippen LogP contribution in [-0.2, 0) is 22.4 Å². The van der Waals surface area contributed by atoms with Crippen LogP contribution in [0.15, 0.2) is 82.6 Å². The number of carbonyl (C=O) groups is 2. The predicted molar refractivity (Wildman–Crippen MR) is 242 cm³/mol. The largest absolute Gasteiger partial charge is 0.493 e. The fourth-order valence-electron chi connectivity index (χ4n) is 7.16. The molecule has 0 unspecified atom stereocenters. The lowest BCUT2D eigenvalue weighted by Gasteiger charge is -2.22. The van der Waals surface area contributed by atoms with Crippen molar-refractivity contribution in [1.29, 1.82) is 10.5 Å². The van der Waals surface area contributed by atoms with Crippen molar-refractivity contribution in [2.24, 2.45) is 0 Å². The van der Waals surface area contributed by atoms with Crippen LogP contribution in [0.25, 0.3) is 22.3 Å². The van der Waals surface area contributed by atoms with Gasteiger partial charge in [0.2, 0.25) is 23.3 Å². The highest BCUT2D eigenvalue weighted by atomic mass is 32.2. The second kappa shape index (κ2) is 18.7. The minimum atomic E-state index is -0.361. The van der Waals surface area contributed by atoms with Gasteiger partial charge in [0, 0.05) is 32.3 Å². The van der Waals surface area contributed by atoms with Gasteiger partial charge in [0.25, 0.3) is 0 Å². The number of nitrogens with one attached hydrogen (secondary N) is 3. The molecule has 0 atom stereocenters. The summed E-state index contributed by atoms with van der Waals surface area (Å²) in [5.74, 6) is 1.51. The maximum Gasteiger partial charge on any atom is 0.230 e. The quantitative estimate of drug-likeness (QED) is 0.0716. The Kier molecular flexibility index (Phi) is 12.8. The topological polar surface area (TPSA) is 251 Å². The van der Waals surface area contributed by atoms with Gasteiger partial charge in [-0.3, -0.25) is 9.59 Å². The van der Waals surface area contributed by atoms with Crippen molar-refractivity contribution in [1.82, 2.24) is 9.97 Å². The molecular formula is C46H41N9O8S. The van der Waals surface area contributed by atoms with Crippen molar-refractivity contribution < 1.29 is 38.0 Å². The number of methoxy groups -OCH3 is 6.